The van der Waals surface area contributed by atoms with Crippen LogP contribution in [-0.2, 0) is 14.8 Å². The predicted molar refractivity (Wildman–Crippen MR) is 137 cm³/mol. The number of morpholine rings is 1. The lowest BCUT2D eigenvalue weighted by Gasteiger charge is -2.36. The van der Waals surface area contributed by atoms with Gasteiger partial charge in [0.15, 0.2) is 5.96 Å². The Morgan fingerprint density at radius 2 is 1.94 bits per heavy atom. The third-order valence-corrected chi connectivity index (χ3v) is 7.32. The minimum Gasteiger partial charge on any atom is -0.370 e. The zero-order chi connectivity index (χ0) is 21.7. The van der Waals surface area contributed by atoms with Crippen LogP contribution < -0.4 is 5.32 Å². The summed E-state index contributed by atoms with van der Waals surface area (Å²) >= 11 is 0. The van der Waals surface area contributed by atoms with Crippen molar-refractivity contribution in [3.05, 3.63) is 34.9 Å². The molecule has 7 nitrogen and oxygen atoms in total. The summed E-state index contributed by atoms with van der Waals surface area (Å²) in [6, 6.07) is 6.53. The van der Waals surface area contributed by atoms with Gasteiger partial charge < -0.3 is 15.0 Å². The number of nitrogens with one attached hydrogen (secondary N) is 1. The SMILES string of the molecule is CCNC(=NCC1CCN(S(C)(=O)=O)CC1)N1CCOC(c2ccc(C)cc2C)C1.I. The van der Waals surface area contributed by atoms with Gasteiger partial charge in [0.2, 0.25) is 10.0 Å². The number of aryl methyl sites for hydroxylation is 2. The molecule has 2 heterocycles. The van der Waals surface area contributed by atoms with Crippen LogP contribution in [0.25, 0.3) is 0 Å². The number of hydrogen-bond acceptors (Lipinski definition) is 4. The summed E-state index contributed by atoms with van der Waals surface area (Å²) in [6.07, 6.45) is 3.06. The number of benzene rings is 1. The molecule has 2 aliphatic heterocycles. The molecular weight excluding hydrogens is 527 g/mol. The Hall–Kier alpha value is -0.910. The van der Waals surface area contributed by atoms with Crippen molar-refractivity contribution in [2.45, 2.75) is 39.7 Å². The standard InChI is InChI=1S/C22H36N4O3S.HI/c1-5-23-22(24-15-19-8-10-26(11-9-19)30(4,27)28)25-12-13-29-21(16-25)20-7-6-17(2)14-18(20)3;/h6-7,14,19,21H,5,8-13,15-16H2,1-4H3,(H,23,24);1H. The van der Waals surface area contributed by atoms with E-state index in [4.69, 9.17) is 9.73 Å². The van der Waals surface area contributed by atoms with Gasteiger partial charge in [-0.25, -0.2) is 12.7 Å². The Morgan fingerprint density at radius 3 is 2.55 bits per heavy atom. The smallest absolute Gasteiger partial charge is 0.211 e. The third-order valence-electron chi connectivity index (χ3n) is 6.01. The zero-order valence-electron chi connectivity index (χ0n) is 19.1. The van der Waals surface area contributed by atoms with Crippen molar-refractivity contribution in [1.29, 1.82) is 0 Å². The van der Waals surface area contributed by atoms with Gasteiger partial charge in [0, 0.05) is 32.7 Å². The summed E-state index contributed by atoms with van der Waals surface area (Å²) in [5.74, 6) is 1.36. The molecule has 2 fully saturated rings. The molecule has 1 unspecified atom stereocenters. The van der Waals surface area contributed by atoms with Crippen LogP contribution in [0.15, 0.2) is 23.2 Å². The van der Waals surface area contributed by atoms with E-state index in [1.54, 1.807) is 4.31 Å². The average Bonchev–Trinajstić information content (AvgIpc) is 2.71. The molecule has 0 aromatic heterocycles. The molecule has 0 aliphatic carbocycles. The van der Waals surface area contributed by atoms with Crippen LogP contribution in [0.3, 0.4) is 0 Å². The van der Waals surface area contributed by atoms with E-state index in [0.717, 1.165) is 45.0 Å². The van der Waals surface area contributed by atoms with Gasteiger partial charge in [-0.15, -0.1) is 24.0 Å². The predicted octanol–water partition coefficient (Wildman–Crippen LogP) is 2.93. The van der Waals surface area contributed by atoms with Gasteiger partial charge in [0.05, 0.1) is 19.4 Å². The number of guanidine groups is 1. The molecule has 0 saturated carbocycles. The number of rotatable bonds is 5. The summed E-state index contributed by atoms with van der Waals surface area (Å²) in [5.41, 5.74) is 3.77. The Balaban J connectivity index is 0.00000341. The first-order chi connectivity index (χ1) is 14.3. The van der Waals surface area contributed by atoms with Gasteiger partial charge >= 0.3 is 0 Å². The Bertz CT molecular complexity index is 854. The molecule has 0 amide bonds. The maximum absolute atomic E-state index is 11.7. The van der Waals surface area contributed by atoms with E-state index in [1.165, 1.54) is 22.9 Å². The van der Waals surface area contributed by atoms with Gasteiger partial charge in [-0.2, -0.15) is 0 Å². The molecule has 0 radical (unpaired) electrons. The highest BCUT2D eigenvalue weighted by atomic mass is 127. The van der Waals surface area contributed by atoms with E-state index in [1.807, 2.05) is 0 Å². The highest BCUT2D eigenvalue weighted by Crippen LogP contribution is 2.26. The lowest BCUT2D eigenvalue weighted by molar-refractivity contribution is -0.00836. The summed E-state index contributed by atoms with van der Waals surface area (Å²) in [6.45, 7) is 11.4. The summed E-state index contributed by atoms with van der Waals surface area (Å²) in [5, 5.41) is 3.43. The molecule has 0 bridgehead atoms. The normalized spacial score (nSPS) is 21.6. The van der Waals surface area contributed by atoms with Crippen molar-refractivity contribution >= 4 is 40.0 Å². The number of ether oxygens (including phenoxy) is 1. The summed E-state index contributed by atoms with van der Waals surface area (Å²) in [7, 11) is -3.08. The fourth-order valence-electron chi connectivity index (χ4n) is 4.28. The number of hydrogen-bond donors (Lipinski definition) is 1. The van der Waals surface area contributed by atoms with Gasteiger partial charge in [-0.3, -0.25) is 4.99 Å². The fraction of sp³-hybridized carbons (Fsp3) is 0.682. The number of halogens is 1. The van der Waals surface area contributed by atoms with E-state index >= 15 is 0 Å². The van der Waals surface area contributed by atoms with Crippen LogP contribution in [0.1, 0.15) is 42.6 Å². The molecule has 0 spiro atoms. The van der Waals surface area contributed by atoms with Crippen molar-refractivity contribution in [3.63, 3.8) is 0 Å². The van der Waals surface area contributed by atoms with Crippen molar-refractivity contribution in [1.82, 2.24) is 14.5 Å². The maximum Gasteiger partial charge on any atom is 0.211 e. The molecule has 31 heavy (non-hydrogen) atoms. The highest BCUT2D eigenvalue weighted by Gasteiger charge is 2.27. The highest BCUT2D eigenvalue weighted by molar-refractivity contribution is 14.0. The molecule has 1 N–H and O–H groups in total. The average molecular weight is 565 g/mol. The van der Waals surface area contributed by atoms with Crippen molar-refractivity contribution in [2.24, 2.45) is 10.9 Å². The van der Waals surface area contributed by atoms with E-state index in [0.29, 0.717) is 25.6 Å². The number of sulfonamides is 1. The maximum atomic E-state index is 11.7. The number of piperidine rings is 1. The first-order valence-corrected chi connectivity index (χ1v) is 12.8. The largest absolute Gasteiger partial charge is 0.370 e. The Morgan fingerprint density at radius 1 is 1.23 bits per heavy atom. The Kier molecular flexibility index (Phi) is 10.0. The van der Waals surface area contributed by atoms with Gasteiger partial charge in [0.1, 0.15) is 6.10 Å². The molecule has 1 aromatic carbocycles. The second-order valence-electron chi connectivity index (χ2n) is 8.47. The van der Waals surface area contributed by atoms with Gasteiger partial charge in [-0.05, 0) is 50.7 Å². The van der Waals surface area contributed by atoms with Crippen LogP contribution in [0.4, 0.5) is 0 Å². The van der Waals surface area contributed by atoms with E-state index in [9.17, 15) is 8.42 Å². The molecular formula is C22H37IN4O3S. The molecule has 3 rings (SSSR count). The van der Waals surface area contributed by atoms with Crippen LogP contribution in [0, 0.1) is 19.8 Å². The van der Waals surface area contributed by atoms with Crippen LogP contribution in [0.5, 0.6) is 0 Å². The second kappa shape index (κ2) is 11.8. The molecule has 9 heteroatoms. The van der Waals surface area contributed by atoms with Gasteiger partial charge in [0.25, 0.3) is 0 Å². The van der Waals surface area contributed by atoms with Crippen molar-refractivity contribution < 1.29 is 13.2 Å². The monoisotopic (exact) mass is 564 g/mol. The van der Waals surface area contributed by atoms with E-state index < -0.39 is 10.0 Å². The quantitative estimate of drug-likeness (QED) is 0.338. The van der Waals surface area contributed by atoms with Gasteiger partial charge in [-0.1, -0.05) is 23.8 Å². The van der Waals surface area contributed by atoms with E-state index in [2.05, 4.69) is 49.2 Å². The molecule has 1 aromatic rings. The molecule has 1 atom stereocenters. The van der Waals surface area contributed by atoms with Crippen LogP contribution in [0.2, 0.25) is 0 Å². The Labute approximate surface area is 204 Å². The first kappa shape index (κ1) is 26.3. The topological polar surface area (TPSA) is 74.2 Å². The summed E-state index contributed by atoms with van der Waals surface area (Å²) in [4.78, 5) is 7.21. The lowest BCUT2D eigenvalue weighted by Crippen LogP contribution is -2.48. The zero-order valence-corrected chi connectivity index (χ0v) is 22.3. The first-order valence-electron chi connectivity index (χ1n) is 10.9. The van der Waals surface area contributed by atoms with Crippen molar-refractivity contribution in [2.75, 3.05) is 52.1 Å². The third kappa shape index (κ3) is 7.30. The minimum atomic E-state index is -3.08. The number of aliphatic imine (C=N–C) groups is 1. The molecule has 2 aliphatic rings. The van der Waals surface area contributed by atoms with Crippen LogP contribution >= 0.6 is 24.0 Å². The number of nitrogens with zero attached hydrogens (tertiary/aromatic N) is 3. The van der Waals surface area contributed by atoms with Crippen LogP contribution in [-0.4, -0.2) is 75.7 Å². The fourth-order valence-corrected chi connectivity index (χ4v) is 5.16. The van der Waals surface area contributed by atoms with Crippen molar-refractivity contribution in [3.8, 4) is 0 Å². The summed E-state index contributed by atoms with van der Waals surface area (Å²) < 4.78 is 31.1. The second-order valence-corrected chi connectivity index (χ2v) is 10.4. The van der Waals surface area contributed by atoms with E-state index in [-0.39, 0.29) is 30.1 Å². The molecule has 2 saturated heterocycles. The molecule has 176 valence electrons. The lowest BCUT2D eigenvalue weighted by atomic mass is 9.98. The minimum absolute atomic E-state index is 0.